The highest BCUT2D eigenvalue weighted by Gasteiger charge is 2.45. The molecule has 4 atom stereocenters. The lowest BCUT2D eigenvalue weighted by atomic mass is 9.80. The molecule has 0 radical (unpaired) electrons. The lowest BCUT2D eigenvalue weighted by molar-refractivity contribution is -0.0904. The summed E-state index contributed by atoms with van der Waals surface area (Å²) < 4.78 is 49.7. The number of methoxy groups -OCH3 is 3. The van der Waals surface area contributed by atoms with Crippen LogP contribution in [0.1, 0.15) is 63.5 Å². The minimum atomic E-state index is -1.66. The quantitative estimate of drug-likeness (QED) is 0.0237. The van der Waals surface area contributed by atoms with Gasteiger partial charge in [0.25, 0.3) is 8.53 Å². The predicted octanol–water partition coefficient (Wildman–Crippen LogP) is 9.79. The average molecular weight is 888 g/mol. The summed E-state index contributed by atoms with van der Waals surface area (Å²) >= 11 is 0. The number of ether oxygens (including phenoxy) is 5. The van der Waals surface area contributed by atoms with Crippen molar-refractivity contribution in [2.24, 2.45) is 4.99 Å². The molecule has 0 bridgehead atoms. The van der Waals surface area contributed by atoms with Gasteiger partial charge in [0.15, 0.2) is 5.82 Å². The molecule has 336 valence electrons. The Balaban J connectivity index is 1.38. The Hall–Kier alpha value is -5.65. The van der Waals surface area contributed by atoms with Crippen molar-refractivity contribution in [2.45, 2.75) is 76.7 Å². The maximum atomic E-state index is 9.52. The molecule has 14 nitrogen and oxygen atoms in total. The first kappa shape index (κ1) is 46.3. The van der Waals surface area contributed by atoms with Crippen molar-refractivity contribution in [2.75, 3.05) is 48.6 Å². The highest BCUT2D eigenvalue weighted by molar-refractivity contribution is 7.44. The summed E-state index contributed by atoms with van der Waals surface area (Å²) in [4.78, 5) is 16.1. The lowest BCUT2D eigenvalue weighted by Gasteiger charge is -2.39. The van der Waals surface area contributed by atoms with Crippen molar-refractivity contribution < 1.29 is 32.7 Å². The summed E-state index contributed by atoms with van der Waals surface area (Å²) in [6, 6.07) is 34.5. The van der Waals surface area contributed by atoms with E-state index in [9.17, 15) is 5.26 Å². The molecule has 0 saturated carbocycles. The monoisotopic (exact) mass is 887 g/mol. The Labute approximate surface area is 377 Å². The summed E-state index contributed by atoms with van der Waals surface area (Å²) in [6.07, 6.45) is 2.20. The zero-order valence-corrected chi connectivity index (χ0v) is 38.9. The molecule has 1 aliphatic rings. The first-order valence-corrected chi connectivity index (χ1v) is 22.6. The van der Waals surface area contributed by atoms with E-state index in [4.69, 9.17) is 42.7 Å². The number of hydrogen-bond donors (Lipinski definition) is 0. The van der Waals surface area contributed by atoms with Gasteiger partial charge in [0.1, 0.15) is 47.2 Å². The Morgan fingerprint density at radius 3 is 2.05 bits per heavy atom. The highest BCUT2D eigenvalue weighted by Crippen LogP contribution is 2.52. The van der Waals surface area contributed by atoms with Gasteiger partial charge in [0.2, 0.25) is 0 Å². The smallest absolute Gasteiger partial charge is 0.259 e. The van der Waals surface area contributed by atoms with Gasteiger partial charge in [0.05, 0.1) is 70.4 Å². The summed E-state index contributed by atoms with van der Waals surface area (Å²) in [5.74, 6) is 2.66. The van der Waals surface area contributed by atoms with Crippen LogP contribution >= 0.6 is 8.53 Å². The number of hydrogen-bond acceptors (Lipinski definition) is 12. The molecule has 1 unspecified atom stereocenters. The Bertz CT molecular complexity index is 2470. The van der Waals surface area contributed by atoms with Crippen LogP contribution in [0.5, 0.6) is 17.2 Å². The van der Waals surface area contributed by atoms with Crippen molar-refractivity contribution in [1.82, 2.24) is 24.1 Å². The number of benzene rings is 4. The highest BCUT2D eigenvalue weighted by atomic mass is 31.2. The van der Waals surface area contributed by atoms with Gasteiger partial charge < -0.3 is 37.6 Å². The zero-order valence-electron chi connectivity index (χ0n) is 38.0. The molecule has 2 aromatic heterocycles. The summed E-state index contributed by atoms with van der Waals surface area (Å²) in [6.45, 7) is 8.84. The van der Waals surface area contributed by atoms with E-state index < -0.39 is 32.6 Å². The second kappa shape index (κ2) is 20.9. The molecule has 0 spiro atoms. The summed E-state index contributed by atoms with van der Waals surface area (Å²) in [5, 5.41) is 11.2. The fourth-order valence-corrected chi connectivity index (χ4v) is 10.1. The number of nitriles is 1. The second-order valence-electron chi connectivity index (χ2n) is 16.2. The van der Waals surface area contributed by atoms with Crippen molar-refractivity contribution in [1.29, 1.82) is 5.26 Å². The molecule has 15 heteroatoms. The first-order valence-electron chi connectivity index (χ1n) is 21.4. The van der Waals surface area contributed by atoms with Gasteiger partial charge in [0, 0.05) is 38.0 Å². The van der Waals surface area contributed by atoms with E-state index in [1.54, 1.807) is 27.7 Å². The molecule has 0 N–H and O–H groups in total. The maximum Gasteiger partial charge on any atom is 0.259 e. The van der Waals surface area contributed by atoms with E-state index in [0.717, 1.165) is 44.5 Å². The van der Waals surface area contributed by atoms with E-state index in [2.05, 4.69) is 60.1 Å². The van der Waals surface area contributed by atoms with E-state index in [1.807, 2.05) is 104 Å². The largest absolute Gasteiger partial charge is 0.497 e. The lowest BCUT2D eigenvalue weighted by Crippen LogP contribution is -2.39. The molecule has 0 aliphatic carbocycles. The molecule has 6 aromatic rings. The molecule has 1 saturated heterocycles. The molecule has 1 fully saturated rings. The molecule has 3 heterocycles. The molecule has 0 amide bonds. The van der Waals surface area contributed by atoms with Gasteiger partial charge in [-0.3, -0.25) is 4.57 Å². The third-order valence-electron chi connectivity index (χ3n) is 11.2. The fourth-order valence-electron chi connectivity index (χ4n) is 8.33. The summed E-state index contributed by atoms with van der Waals surface area (Å²) in [7, 11) is 7.13. The van der Waals surface area contributed by atoms with Crippen molar-refractivity contribution in [3.05, 3.63) is 120 Å². The molecule has 1 aliphatic heterocycles. The number of nitrogens with zero attached hydrogens (tertiary/aromatic N) is 7. The van der Waals surface area contributed by atoms with Gasteiger partial charge in [-0.05, 0) is 86.8 Å². The average Bonchev–Trinajstić information content (AvgIpc) is 3.86. The first-order chi connectivity index (χ1) is 31.0. The minimum Gasteiger partial charge on any atom is -0.497 e. The van der Waals surface area contributed by atoms with Crippen LogP contribution in [0, 0.1) is 11.3 Å². The third-order valence-corrected chi connectivity index (χ3v) is 13.3. The fraction of sp³-hybridized carbons (Fsp3) is 0.388. The van der Waals surface area contributed by atoms with Crippen molar-refractivity contribution >= 4 is 42.6 Å². The second-order valence-corrected chi connectivity index (χ2v) is 17.6. The van der Waals surface area contributed by atoms with Crippen LogP contribution in [-0.2, 0) is 24.1 Å². The normalized spacial score (nSPS) is 17.2. The Morgan fingerprint density at radius 2 is 1.47 bits per heavy atom. The number of rotatable bonds is 20. The Kier molecular flexibility index (Phi) is 15.1. The third kappa shape index (κ3) is 9.71. The van der Waals surface area contributed by atoms with Crippen LogP contribution in [0.4, 0.5) is 5.82 Å². The van der Waals surface area contributed by atoms with Gasteiger partial charge in [-0.15, -0.1) is 0 Å². The SMILES string of the molecule is COc1ccc(C(OC[C@H]2O[C@@H](n3c4ccc(OC)cc4c4c(/N=C/N(C)C)ncnc43)C[C@@H]2OP(OCCC#N)N(C(C)C)C(C)C)(c2ccccc2)c2ccc(OC)cc2)cc1. The number of aliphatic imine (C=N–C) groups is 1. The van der Waals surface area contributed by atoms with Crippen LogP contribution < -0.4 is 14.2 Å². The topological polar surface area (TPSA) is 138 Å². The van der Waals surface area contributed by atoms with Gasteiger partial charge in [-0.2, -0.15) is 5.26 Å². The predicted molar refractivity (Wildman–Crippen MR) is 250 cm³/mol. The van der Waals surface area contributed by atoms with Crippen LogP contribution in [0.25, 0.3) is 21.9 Å². The molecular weight excluding hydrogens is 830 g/mol. The van der Waals surface area contributed by atoms with E-state index >= 15 is 0 Å². The standard InChI is InChI=1S/C49H58N7O7P/c1-33(2)56(34(3)4)64(61-27-13-26-50)63-43-29-45(55-42-25-24-40(59-9)28-41(42)46-47(53-32-54(5)6)51-31-52-48(46)55)62-44(43)30-60-49(35-14-11-10-12-15-35,36-16-20-38(57-7)21-17-36)37-18-22-39(58-8)23-19-37/h10-12,14-25,28,31-34,43-45H,13,27,29-30H2,1-9H3/b53-32+/t43-,44+,45+,64?/m0/s1. The van der Waals surface area contributed by atoms with Crippen LogP contribution in [-0.4, -0.2) is 103 Å². The van der Waals surface area contributed by atoms with E-state index in [1.165, 1.54) is 6.33 Å². The van der Waals surface area contributed by atoms with Gasteiger partial charge >= 0.3 is 0 Å². The van der Waals surface area contributed by atoms with Crippen LogP contribution in [0.15, 0.2) is 108 Å². The molecule has 7 rings (SSSR count). The van der Waals surface area contributed by atoms with Crippen molar-refractivity contribution in [3.63, 3.8) is 0 Å². The van der Waals surface area contributed by atoms with Gasteiger partial charge in [-0.25, -0.2) is 19.6 Å². The Morgan fingerprint density at radius 1 is 0.859 bits per heavy atom. The van der Waals surface area contributed by atoms with E-state index in [-0.39, 0.29) is 31.7 Å². The molecule has 4 aromatic carbocycles. The minimum absolute atomic E-state index is 0.0852. The van der Waals surface area contributed by atoms with Crippen LogP contribution in [0.2, 0.25) is 0 Å². The maximum absolute atomic E-state index is 9.52. The van der Waals surface area contributed by atoms with Gasteiger partial charge in [-0.1, -0.05) is 54.6 Å². The molecule has 64 heavy (non-hydrogen) atoms. The molecular formula is C49H58N7O7P. The number of aromatic nitrogens is 3. The number of fused-ring (bicyclic) bond motifs is 3. The van der Waals surface area contributed by atoms with E-state index in [0.29, 0.717) is 23.6 Å². The van der Waals surface area contributed by atoms with Crippen LogP contribution in [0.3, 0.4) is 0 Å². The summed E-state index contributed by atoms with van der Waals surface area (Å²) in [5.41, 5.74) is 3.12. The zero-order chi connectivity index (χ0) is 45.4. The van der Waals surface area contributed by atoms with Crippen molar-refractivity contribution in [3.8, 4) is 23.3 Å².